The molecule has 0 unspecified atom stereocenters. The van der Waals surface area contributed by atoms with Crippen molar-refractivity contribution >= 4 is 19.7 Å². The Kier molecular flexibility index (Phi) is 2.75. The van der Waals surface area contributed by atoms with E-state index in [0.29, 0.717) is 0 Å². The van der Waals surface area contributed by atoms with E-state index in [1.807, 2.05) is 0 Å². The molecule has 0 radical (unpaired) electrons. The van der Waals surface area contributed by atoms with Crippen molar-refractivity contribution in [1.29, 1.82) is 0 Å². The normalized spacial score (nSPS) is 28.4. The molecule has 2 saturated heterocycles. The van der Waals surface area contributed by atoms with Gasteiger partial charge < -0.3 is 13.8 Å². The van der Waals surface area contributed by atoms with Gasteiger partial charge in [-0.25, -0.2) is 0 Å². The number of rotatable bonds is 4. The van der Waals surface area contributed by atoms with E-state index in [1.54, 1.807) is 0 Å². The summed E-state index contributed by atoms with van der Waals surface area (Å²) in [6.45, 7) is 5.53. The van der Waals surface area contributed by atoms with Crippen molar-refractivity contribution in [3.05, 3.63) is 0 Å². The molecule has 0 aromatic rings. The molecule has 0 amide bonds. The highest BCUT2D eigenvalue weighted by atomic mass is 28.3. The topological polar surface area (TPSA) is 18.5 Å². The molecular weight excluding hydrogens is 170 g/mol. The summed E-state index contributed by atoms with van der Waals surface area (Å²) in [6, 6.07) is 0. The molecule has 2 heterocycles. The molecule has 5 heteroatoms. The summed E-state index contributed by atoms with van der Waals surface area (Å²) in [4.78, 5) is 0. The van der Waals surface area contributed by atoms with Crippen LogP contribution in [0.1, 0.15) is 12.8 Å². The molecule has 0 atom stereocenters. The van der Waals surface area contributed by atoms with Crippen molar-refractivity contribution < 1.29 is 0 Å². The lowest BCUT2D eigenvalue weighted by molar-refractivity contribution is 0.308. The van der Waals surface area contributed by atoms with Crippen LogP contribution in [0, 0.1) is 0 Å². The Hall–Kier alpha value is 0.314. The molecule has 2 aliphatic rings. The van der Waals surface area contributed by atoms with Gasteiger partial charge in [0.1, 0.15) is 0 Å². The largest absolute Gasteiger partial charge is 0.345 e. The highest BCUT2D eigenvalue weighted by molar-refractivity contribution is 6.47. The van der Waals surface area contributed by atoms with Gasteiger partial charge in [-0.3, -0.25) is 0 Å². The molecule has 1 N–H and O–H groups in total. The van der Waals surface area contributed by atoms with Crippen molar-refractivity contribution in [2.45, 2.75) is 12.8 Å². The van der Waals surface area contributed by atoms with E-state index in [1.165, 1.54) is 39.0 Å². The molecule has 0 bridgehead atoms. The van der Waals surface area contributed by atoms with Gasteiger partial charge in [0.25, 0.3) is 0 Å². The Morgan fingerprint density at radius 3 is 1.55 bits per heavy atom. The van der Waals surface area contributed by atoms with Gasteiger partial charge in [-0.1, -0.05) is 0 Å². The third-order valence-electron chi connectivity index (χ3n) is 2.57. The van der Waals surface area contributed by atoms with E-state index < -0.39 is 0 Å². The van der Waals surface area contributed by atoms with Gasteiger partial charge in [-0.05, 0) is 39.0 Å². The number of nitrogens with one attached hydrogen (secondary N) is 1. The van der Waals surface area contributed by atoms with Gasteiger partial charge in [0.2, 0.25) is 0 Å². The smallest absolute Gasteiger partial charge is 0.164 e. The van der Waals surface area contributed by atoms with Crippen LogP contribution in [-0.2, 0) is 0 Å². The lowest BCUT2D eigenvalue weighted by atomic mass is 10.3. The minimum absolute atomic E-state index is 0.00764. The van der Waals surface area contributed by atoms with Crippen LogP contribution in [0.2, 0.25) is 0 Å². The summed E-state index contributed by atoms with van der Waals surface area (Å²) >= 11 is 0. The Bertz CT molecular complexity index is 111. The molecule has 2 rings (SSSR count). The third-order valence-corrected chi connectivity index (χ3v) is 6.52. The lowest BCUT2D eigenvalue weighted by Crippen LogP contribution is -2.53. The van der Waals surface area contributed by atoms with Crippen LogP contribution < -0.4 is 4.65 Å². The Labute approximate surface area is 73.1 Å². The second-order valence-corrected chi connectivity index (χ2v) is 7.93. The van der Waals surface area contributed by atoms with Crippen LogP contribution in [-0.4, -0.2) is 55.0 Å². The molecular formula is C6H17N3Si2. The van der Waals surface area contributed by atoms with Gasteiger partial charge in [0, 0.05) is 0 Å². The first-order valence-corrected chi connectivity index (χ1v) is 7.28. The zero-order valence-corrected chi connectivity index (χ0v) is 9.88. The average molecular weight is 187 g/mol. The standard InChI is InChI=1S/C6H17N3Si2/c1-3-8(4-1)10-7-11-9-5-2-6-9/h7H,1-6,10-11H2. The summed E-state index contributed by atoms with van der Waals surface area (Å²) in [7, 11) is 0.0153. The molecule has 0 aliphatic carbocycles. The van der Waals surface area contributed by atoms with Crippen molar-refractivity contribution in [2.75, 3.05) is 26.2 Å². The lowest BCUT2D eigenvalue weighted by Gasteiger charge is -2.34. The maximum atomic E-state index is 3.72. The van der Waals surface area contributed by atoms with Crippen molar-refractivity contribution in [3.8, 4) is 0 Å². The summed E-state index contributed by atoms with van der Waals surface area (Å²) in [5.74, 6) is 0. The summed E-state index contributed by atoms with van der Waals surface area (Å²) in [5, 5.41) is 0. The molecule has 2 fully saturated rings. The van der Waals surface area contributed by atoms with Crippen LogP contribution in [0.5, 0.6) is 0 Å². The van der Waals surface area contributed by atoms with Crippen molar-refractivity contribution in [3.63, 3.8) is 0 Å². The van der Waals surface area contributed by atoms with Crippen LogP contribution >= 0.6 is 0 Å². The highest BCUT2D eigenvalue weighted by Gasteiger charge is 2.16. The summed E-state index contributed by atoms with van der Waals surface area (Å²) in [5.41, 5.74) is 0. The van der Waals surface area contributed by atoms with E-state index in [9.17, 15) is 0 Å². The monoisotopic (exact) mass is 187 g/mol. The zero-order chi connectivity index (χ0) is 7.52. The Morgan fingerprint density at radius 2 is 1.27 bits per heavy atom. The molecule has 2 aliphatic heterocycles. The van der Waals surface area contributed by atoms with E-state index in [4.69, 9.17) is 0 Å². The predicted molar refractivity (Wildman–Crippen MR) is 52.6 cm³/mol. The predicted octanol–water partition coefficient (Wildman–Crippen LogP) is -2.01. The van der Waals surface area contributed by atoms with Crippen molar-refractivity contribution in [1.82, 2.24) is 13.8 Å². The number of hydrogen-bond acceptors (Lipinski definition) is 3. The minimum Gasteiger partial charge on any atom is -0.345 e. The maximum Gasteiger partial charge on any atom is 0.164 e. The van der Waals surface area contributed by atoms with Crippen LogP contribution in [0.15, 0.2) is 0 Å². The fourth-order valence-corrected chi connectivity index (χ4v) is 5.90. The second-order valence-electron chi connectivity index (χ2n) is 3.51. The van der Waals surface area contributed by atoms with Crippen molar-refractivity contribution in [2.24, 2.45) is 0 Å². The molecule has 0 spiro atoms. The molecule has 11 heavy (non-hydrogen) atoms. The fraction of sp³-hybridized carbons (Fsp3) is 1.00. The molecule has 0 aromatic heterocycles. The number of nitrogens with zero attached hydrogens (tertiary/aromatic N) is 2. The zero-order valence-electron chi connectivity index (χ0n) is 7.05. The Balaban J connectivity index is 1.46. The van der Waals surface area contributed by atoms with Crippen LogP contribution in [0.4, 0.5) is 0 Å². The number of hydrogen-bond donors (Lipinski definition) is 1. The van der Waals surface area contributed by atoms with Crippen LogP contribution in [0.3, 0.4) is 0 Å². The molecule has 3 nitrogen and oxygen atoms in total. The maximum absolute atomic E-state index is 3.72. The van der Waals surface area contributed by atoms with Gasteiger partial charge in [0.05, 0.1) is 0 Å². The first-order chi connectivity index (χ1) is 5.45. The SMILES string of the molecule is C1CN([SiH2]N[SiH2]N2CCC2)C1. The van der Waals surface area contributed by atoms with Gasteiger partial charge in [0.15, 0.2) is 19.7 Å². The second kappa shape index (κ2) is 3.82. The summed E-state index contributed by atoms with van der Waals surface area (Å²) < 4.78 is 8.95. The van der Waals surface area contributed by atoms with E-state index in [0.717, 1.165) is 0 Å². The Morgan fingerprint density at radius 1 is 0.818 bits per heavy atom. The third kappa shape index (κ3) is 2.13. The van der Waals surface area contributed by atoms with E-state index in [2.05, 4.69) is 13.8 Å². The average Bonchev–Trinajstić information content (AvgIpc) is 1.79. The first kappa shape index (κ1) is 7.94. The molecule has 0 aromatic carbocycles. The van der Waals surface area contributed by atoms with E-state index >= 15 is 0 Å². The minimum atomic E-state index is 0.00764. The van der Waals surface area contributed by atoms with Gasteiger partial charge in [-0.15, -0.1) is 0 Å². The van der Waals surface area contributed by atoms with Gasteiger partial charge >= 0.3 is 0 Å². The quantitative estimate of drug-likeness (QED) is 0.513. The highest BCUT2D eigenvalue weighted by Crippen LogP contribution is 2.02. The first-order valence-electron chi connectivity index (χ1n) is 4.60. The van der Waals surface area contributed by atoms with Gasteiger partial charge in [-0.2, -0.15) is 0 Å². The molecule has 64 valence electrons. The molecule has 0 saturated carbocycles. The van der Waals surface area contributed by atoms with E-state index in [-0.39, 0.29) is 19.7 Å². The summed E-state index contributed by atoms with van der Waals surface area (Å²) in [6.07, 6.45) is 2.89. The van der Waals surface area contributed by atoms with Crippen LogP contribution in [0.25, 0.3) is 0 Å². The fourth-order valence-electron chi connectivity index (χ4n) is 1.45.